The van der Waals surface area contributed by atoms with Crippen molar-refractivity contribution in [3.63, 3.8) is 0 Å². The van der Waals surface area contributed by atoms with Crippen LogP contribution in [0.15, 0.2) is 24.3 Å². The van der Waals surface area contributed by atoms with Crippen molar-refractivity contribution >= 4 is 17.6 Å². The van der Waals surface area contributed by atoms with Crippen molar-refractivity contribution in [1.29, 1.82) is 0 Å². The van der Waals surface area contributed by atoms with Crippen molar-refractivity contribution in [3.05, 3.63) is 39.9 Å². The van der Waals surface area contributed by atoms with E-state index in [9.17, 15) is 19.7 Å². The summed E-state index contributed by atoms with van der Waals surface area (Å²) in [4.78, 5) is 32.9. The second-order valence-corrected chi connectivity index (χ2v) is 5.05. The first kappa shape index (κ1) is 16.6. The molecule has 21 heavy (non-hydrogen) atoms. The van der Waals surface area contributed by atoms with Crippen LogP contribution in [0.3, 0.4) is 0 Å². The smallest absolute Gasteiger partial charge is 0.326 e. The van der Waals surface area contributed by atoms with E-state index in [1.54, 1.807) is 26.0 Å². The summed E-state index contributed by atoms with van der Waals surface area (Å²) in [5.41, 5.74) is 0.634. The summed E-state index contributed by atoms with van der Waals surface area (Å²) < 4.78 is 0. The first-order valence-corrected chi connectivity index (χ1v) is 6.56. The second-order valence-electron chi connectivity index (χ2n) is 5.05. The highest BCUT2D eigenvalue weighted by atomic mass is 16.6. The summed E-state index contributed by atoms with van der Waals surface area (Å²) in [7, 11) is 0. The van der Waals surface area contributed by atoms with Gasteiger partial charge in [0.2, 0.25) is 5.91 Å². The van der Waals surface area contributed by atoms with Gasteiger partial charge >= 0.3 is 5.97 Å². The summed E-state index contributed by atoms with van der Waals surface area (Å²) in [5, 5.41) is 22.1. The molecule has 1 atom stereocenters. The van der Waals surface area contributed by atoms with Crippen LogP contribution in [0, 0.1) is 16.0 Å². The third-order valence-corrected chi connectivity index (χ3v) is 3.01. The van der Waals surface area contributed by atoms with Gasteiger partial charge < -0.3 is 10.4 Å². The van der Waals surface area contributed by atoms with Crippen LogP contribution in [0.4, 0.5) is 5.69 Å². The van der Waals surface area contributed by atoms with Gasteiger partial charge in [-0.3, -0.25) is 14.9 Å². The molecule has 0 aromatic heterocycles. The van der Waals surface area contributed by atoms with E-state index in [0.29, 0.717) is 12.0 Å². The standard InChI is InChI=1S/C14H18N2O5/c1-9(2)13(14(18)19)15-12(17)7-6-10-4-3-5-11(8-10)16(20)21/h3-5,8-9,13H,6-7H2,1-2H3,(H,15,17)(H,18,19)/t13-/m1/s1. The fourth-order valence-corrected chi connectivity index (χ4v) is 1.84. The van der Waals surface area contributed by atoms with Crippen molar-refractivity contribution in [2.75, 3.05) is 0 Å². The molecule has 0 aliphatic rings. The van der Waals surface area contributed by atoms with E-state index in [1.807, 2.05) is 0 Å². The Balaban J connectivity index is 2.58. The first-order chi connectivity index (χ1) is 9.81. The molecule has 1 aromatic carbocycles. The Labute approximate surface area is 122 Å². The van der Waals surface area contributed by atoms with E-state index in [1.165, 1.54) is 12.1 Å². The zero-order valence-electron chi connectivity index (χ0n) is 11.9. The van der Waals surface area contributed by atoms with Crippen molar-refractivity contribution in [2.24, 2.45) is 5.92 Å². The molecule has 0 bridgehead atoms. The topological polar surface area (TPSA) is 110 Å². The number of carboxylic acids is 1. The van der Waals surface area contributed by atoms with Gasteiger partial charge in [0, 0.05) is 18.6 Å². The number of amides is 1. The number of benzene rings is 1. The van der Waals surface area contributed by atoms with Crippen molar-refractivity contribution < 1.29 is 19.6 Å². The Morgan fingerprint density at radius 3 is 2.57 bits per heavy atom. The van der Waals surface area contributed by atoms with Gasteiger partial charge in [-0.1, -0.05) is 26.0 Å². The molecule has 0 aliphatic carbocycles. The summed E-state index contributed by atoms with van der Waals surface area (Å²) >= 11 is 0. The maximum atomic E-state index is 11.7. The molecule has 0 radical (unpaired) electrons. The van der Waals surface area contributed by atoms with Crippen LogP contribution in [0.2, 0.25) is 0 Å². The average molecular weight is 294 g/mol. The van der Waals surface area contributed by atoms with Crippen LogP contribution in [-0.2, 0) is 16.0 Å². The fraction of sp³-hybridized carbons (Fsp3) is 0.429. The Kier molecular flexibility index (Phi) is 5.83. The quantitative estimate of drug-likeness (QED) is 0.588. The van der Waals surface area contributed by atoms with E-state index in [2.05, 4.69) is 5.32 Å². The van der Waals surface area contributed by atoms with Crippen molar-refractivity contribution in [3.8, 4) is 0 Å². The molecule has 7 nitrogen and oxygen atoms in total. The molecule has 1 rings (SSSR count). The molecular weight excluding hydrogens is 276 g/mol. The number of nitro groups is 1. The molecular formula is C14H18N2O5. The molecule has 2 N–H and O–H groups in total. The molecule has 0 unspecified atom stereocenters. The van der Waals surface area contributed by atoms with E-state index in [-0.39, 0.29) is 23.9 Å². The van der Waals surface area contributed by atoms with Crippen LogP contribution in [0.5, 0.6) is 0 Å². The van der Waals surface area contributed by atoms with Gasteiger partial charge in [0.05, 0.1) is 4.92 Å². The monoisotopic (exact) mass is 294 g/mol. The van der Waals surface area contributed by atoms with Crippen LogP contribution in [0.25, 0.3) is 0 Å². The van der Waals surface area contributed by atoms with Gasteiger partial charge in [-0.25, -0.2) is 4.79 Å². The van der Waals surface area contributed by atoms with Crippen LogP contribution in [-0.4, -0.2) is 27.9 Å². The Morgan fingerprint density at radius 2 is 2.05 bits per heavy atom. The molecule has 0 fully saturated rings. The number of nitro benzene ring substituents is 1. The molecule has 7 heteroatoms. The number of non-ortho nitro benzene ring substituents is 1. The van der Waals surface area contributed by atoms with Gasteiger partial charge in [0.1, 0.15) is 6.04 Å². The number of aryl methyl sites for hydroxylation is 1. The largest absolute Gasteiger partial charge is 0.480 e. The summed E-state index contributed by atoms with van der Waals surface area (Å²) in [6.07, 6.45) is 0.398. The summed E-state index contributed by atoms with van der Waals surface area (Å²) in [6.45, 7) is 3.42. The minimum atomic E-state index is -1.08. The molecule has 1 amide bonds. The lowest BCUT2D eigenvalue weighted by molar-refractivity contribution is -0.384. The minimum Gasteiger partial charge on any atom is -0.480 e. The van der Waals surface area contributed by atoms with E-state index in [0.717, 1.165) is 0 Å². The average Bonchev–Trinajstić information content (AvgIpc) is 2.42. The van der Waals surface area contributed by atoms with Crippen LogP contribution >= 0.6 is 0 Å². The number of carboxylic acid groups (broad SMARTS) is 1. The lowest BCUT2D eigenvalue weighted by atomic mass is 10.0. The molecule has 0 heterocycles. The normalized spacial score (nSPS) is 12.0. The van der Waals surface area contributed by atoms with Gasteiger partial charge in [-0.2, -0.15) is 0 Å². The molecule has 0 aliphatic heterocycles. The lowest BCUT2D eigenvalue weighted by Gasteiger charge is -2.17. The summed E-state index contributed by atoms with van der Waals surface area (Å²) in [5.74, 6) is -1.68. The Bertz CT molecular complexity index is 542. The minimum absolute atomic E-state index is 0.0292. The second kappa shape index (κ2) is 7.37. The van der Waals surface area contributed by atoms with Gasteiger partial charge in [-0.15, -0.1) is 0 Å². The highest BCUT2D eigenvalue weighted by Crippen LogP contribution is 2.14. The van der Waals surface area contributed by atoms with Crippen LogP contribution < -0.4 is 5.32 Å². The van der Waals surface area contributed by atoms with Gasteiger partial charge in [0.15, 0.2) is 0 Å². The Morgan fingerprint density at radius 1 is 1.38 bits per heavy atom. The lowest BCUT2D eigenvalue weighted by Crippen LogP contribution is -2.44. The highest BCUT2D eigenvalue weighted by molar-refractivity contribution is 5.83. The number of rotatable bonds is 7. The van der Waals surface area contributed by atoms with Gasteiger partial charge in [0.25, 0.3) is 5.69 Å². The fourth-order valence-electron chi connectivity index (χ4n) is 1.84. The number of hydrogen-bond acceptors (Lipinski definition) is 4. The predicted molar refractivity (Wildman–Crippen MR) is 75.8 cm³/mol. The van der Waals surface area contributed by atoms with E-state index >= 15 is 0 Å². The number of aliphatic carboxylic acids is 1. The van der Waals surface area contributed by atoms with Crippen molar-refractivity contribution in [2.45, 2.75) is 32.7 Å². The molecule has 0 spiro atoms. The number of hydrogen-bond donors (Lipinski definition) is 2. The Hall–Kier alpha value is -2.44. The van der Waals surface area contributed by atoms with Crippen LogP contribution in [0.1, 0.15) is 25.8 Å². The zero-order valence-corrected chi connectivity index (χ0v) is 11.9. The summed E-state index contributed by atoms with van der Waals surface area (Å²) in [6, 6.07) is 5.10. The van der Waals surface area contributed by atoms with Gasteiger partial charge in [-0.05, 0) is 17.9 Å². The zero-order chi connectivity index (χ0) is 16.0. The first-order valence-electron chi connectivity index (χ1n) is 6.56. The highest BCUT2D eigenvalue weighted by Gasteiger charge is 2.23. The number of nitrogens with zero attached hydrogens (tertiary/aromatic N) is 1. The molecule has 0 saturated carbocycles. The number of carbonyl (C=O) groups excluding carboxylic acids is 1. The third-order valence-electron chi connectivity index (χ3n) is 3.01. The van der Waals surface area contributed by atoms with E-state index in [4.69, 9.17) is 5.11 Å². The predicted octanol–water partition coefficient (Wildman–Crippen LogP) is 1.75. The number of nitrogens with one attached hydrogen (secondary N) is 1. The maximum absolute atomic E-state index is 11.7. The SMILES string of the molecule is CC(C)[C@@H](NC(=O)CCc1cccc([N+](=O)[O-])c1)C(=O)O. The molecule has 114 valence electrons. The molecule has 0 saturated heterocycles. The third kappa shape index (κ3) is 5.21. The molecule has 1 aromatic rings. The van der Waals surface area contributed by atoms with Crippen molar-refractivity contribution in [1.82, 2.24) is 5.32 Å². The van der Waals surface area contributed by atoms with E-state index < -0.39 is 16.9 Å². The number of carbonyl (C=O) groups is 2. The maximum Gasteiger partial charge on any atom is 0.326 e.